The summed E-state index contributed by atoms with van der Waals surface area (Å²) >= 11 is 6.73. The Morgan fingerprint density at radius 2 is 2.29 bits per heavy atom. The molecule has 3 N–H and O–H groups in total. The van der Waals surface area contributed by atoms with Gasteiger partial charge in [0.25, 0.3) is 0 Å². The number of anilines is 1. The predicted octanol–water partition coefficient (Wildman–Crippen LogP) is 1.60. The van der Waals surface area contributed by atoms with Crippen molar-refractivity contribution in [3.8, 4) is 0 Å². The van der Waals surface area contributed by atoms with Crippen molar-refractivity contribution in [1.82, 2.24) is 4.98 Å². The lowest BCUT2D eigenvalue weighted by atomic mass is 10.0. The molecule has 7 heteroatoms. The molecule has 1 saturated heterocycles. The number of carbonyl (C=O) groups is 1. The quantitative estimate of drug-likeness (QED) is 0.833. The Kier molecular flexibility index (Phi) is 3.42. The first kappa shape index (κ1) is 12.8. The molecular weight excluding hydrogens is 354 g/mol. The average Bonchev–Trinajstić information content (AvgIpc) is 2.62. The molecule has 1 aliphatic heterocycles. The first-order valence-corrected chi connectivity index (χ1v) is 6.59. The zero-order valence-electron chi connectivity index (χ0n) is 8.86. The van der Waals surface area contributed by atoms with Gasteiger partial charge in [-0.05, 0) is 44.3 Å². The van der Waals surface area contributed by atoms with Gasteiger partial charge in [0.1, 0.15) is 11.4 Å². The molecule has 0 bridgehead atoms. The first-order chi connectivity index (χ1) is 7.92. The third kappa shape index (κ3) is 2.46. The highest BCUT2D eigenvalue weighted by molar-refractivity contribution is 9.11. The lowest BCUT2D eigenvalue weighted by Gasteiger charge is -2.21. The fourth-order valence-electron chi connectivity index (χ4n) is 1.83. The molecule has 0 radical (unpaired) electrons. The molecule has 0 aromatic carbocycles. The number of aromatic nitrogens is 1. The van der Waals surface area contributed by atoms with Crippen LogP contribution in [0.15, 0.2) is 21.2 Å². The minimum atomic E-state index is -1.17. The van der Waals surface area contributed by atoms with E-state index < -0.39 is 11.5 Å². The molecule has 0 amide bonds. The largest absolute Gasteiger partial charge is 0.480 e. The Labute approximate surface area is 115 Å². The van der Waals surface area contributed by atoms with E-state index in [0.29, 0.717) is 13.0 Å². The fraction of sp³-hybridized carbons (Fsp3) is 0.400. The second-order valence-electron chi connectivity index (χ2n) is 4.09. The lowest BCUT2D eigenvalue weighted by Crippen LogP contribution is -2.50. The van der Waals surface area contributed by atoms with Crippen LogP contribution in [-0.2, 0) is 4.79 Å². The molecule has 17 heavy (non-hydrogen) atoms. The minimum Gasteiger partial charge on any atom is -0.480 e. The molecule has 1 fully saturated rings. The highest BCUT2D eigenvalue weighted by Crippen LogP contribution is 2.31. The highest BCUT2D eigenvalue weighted by atomic mass is 79.9. The number of hydrogen-bond acceptors (Lipinski definition) is 4. The van der Waals surface area contributed by atoms with E-state index in [4.69, 9.17) is 10.8 Å². The normalized spacial score (nSPS) is 24.1. The smallest absolute Gasteiger partial charge is 0.325 e. The van der Waals surface area contributed by atoms with E-state index in [2.05, 4.69) is 36.8 Å². The summed E-state index contributed by atoms with van der Waals surface area (Å²) in [4.78, 5) is 17.2. The first-order valence-electron chi connectivity index (χ1n) is 5.01. The highest BCUT2D eigenvalue weighted by Gasteiger charge is 2.42. The van der Waals surface area contributed by atoms with Crippen molar-refractivity contribution in [2.24, 2.45) is 5.73 Å². The molecule has 0 aliphatic carbocycles. The van der Waals surface area contributed by atoms with Gasteiger partial charge in [0, 0.05) is 23.8 Å². The van der Waals surface area contributed by atoms with Crippen LogP contribution in [0.3, 0.4) is 0 Å². The van der Waals surface area contributed by atoms with Crippen molar-refractivity contribution in [1.29, 1.82) is 0 Å². The third-order valence-corrected chi connectivity index (χ3v) is 3.83. The van der Waals surface area contributed by atoms with E-state index in [9.17, 15) is 4.79 Å². The van der Waals surface area contributed by atoms with Crippen LogP contribution in [0.25, 0.3) is 0 Å². The van der Waals surface area contributed by atoms with Gasteiger partial charge in [-0.15, -0.1) is 0 Å². The summed E-state index contributed by atoms with van der Waals surface area (Å²) in [6, 6.07) is 1.87. The fourth-order valence-corrected chi connectivity index (χ4v) is 3.07. The van der Waals surface area contributed by atoms with Crippen LogP contribution in [0.2, 0.25) is 0 Å². The molecule has 1 aromatic heterocycles. The molecule has 2 heterocycles. The Hall–Kier alpha value is -0.660. The van der Waals surface area contributed by atoms with Gasteiger partial charge in [0.2, 0.25) is 0 Å². The Morgan fingerprint density at radius 3 is 2.82 bits per heavy atom. The Bertz CT molecular complexity index is 469. The number of rotatable bonds is 2. The molecule has 2 rings (SSSR count). The van der Waals surface area contributed by atoms with E-state index >= 15 is 0 Å². The summed E-state index contributed by atoms with van der Waals surface area (Å²) in [5.41, 5.74) is 4.64. The molecule has 1 aromatic rings. The standard InChI is InChI=1S/C10H11Br2N3O2/c11-6-3-7(12)8(14-4-6)15-2-1-10(13,5-15)9(16)17/h3-4H,1-2,5,13H2,(H,16,17). The van der Waals surface area contributed by atoms with Crippen molar-refractivity contribution >= 4 is 43.6 Å². The van der Waals surface area contributed by atoms with Crippen molar-refractivity contribution < 1.29 is 9.90 Å². The topological polar surface area (TPSA) is 79.5 Å². The summed E-state index contributed by atoms with van der Waals surface area (Å²) in [6.07, 6.45) is 2.10. The Morgan fingerprint density at radius 1 is 1.59 bits per heavy atom. The van der Waals surface area contributed by atoms with Gasteiger partial charge < -0.3 is 15.7 Å². The summed E-state index contributed by atoms with van der Waals surface area (Å²) in [5, 5.41) is 9.06. The summed E-state index contributed by atoms with van der Waals surface area (Å²) in [5.74, 6) is -0.241. The monoisotopic (exact) mass is 363 g/mol. The van der Waals surface area contributed by atoms with Gasteiger partial charge in [-0.25, -0.2) is 4.98 Å². The third-order valence-electron chi connectivity index (χ3n) is 2.81. The van der Waals surface area contributed by atoms with E-state index in [1.807, 2.05) is 11.0 Å². The van der Waals surface area contributed by atoms with Crippen molar-refractivity contribution in [3.63, 3.8) is 0 Å². The van der Waals surface area contributed by atoms with Gasteiger partial charge in [0.05, 0.1) is 4.47 Å². The maximum atomic E-state index is 11.0. The molecular formula is C10H11Br2N3O2. The van der Waals surface area contributed by atoms with Crippen LogP contribution >= 0.6 is 31.9 Å². The van der Waals surface area contributed by atoms with E-state index in [-0.39, 0.29) is 6.54 Å². The van der Waals surface area contributed by atoms with Gasteiger partial charge in [0.15, 0.2) is 0 Å². The summed E-state index contributed by atoms with van der Waals surface area (Å²) in [6.45, 7) is 0.867. The number of pyridine rings is 1. The number of aliphatic carboxylic acids is 1. The van der Waals surface area contributed by atoms with Crippen LogP contribution in [0.4, 0.5) is 5.82 Å². The van der Waals surface area contributed by atoms with E-state index in [1.165, 1.54) is 0 Å². The SMILES string of the molecule is NC1(C(=O)O)CCN(c2ncc(Br)cc2Br)C1. The summed E-state index contributed by atoms with van der Waals surface area (Å²) in [7, 11) is 0. The van der Waals surface area contributed by atoms with Gasteiger partial charge in [-0.1, -0.05) is 0 Å². The van der Waals surface area contributed by atoms with Crippen LogP contribution in [-0.4, -0.2) is 34.7 Å². The number of carboxylic acids is 1. The average molecular weight is 365 g/mol. The van der Waals surface area contributed by atoms with Crippen LogP contribution in [0, 0.1) is 0 Å². The second-order valence-corrected chi connectivity index (χ2v) is 5.86. The van der Waals surface area contributed by atoms with E-state index in [0.717, 1.165) is 14.8 Å². The molecule has 0 saturated carbocycles. The molecule has 1 atom stereocenters. The number of hydrogen-bond donors (Lipinski definition) is 2. The zero-order chi connectivity index (χ0) is 12.6. The molecule has 0 spiro atoms. The second kappa shape index (κ2) is 4.55. The number of carboxylic acid groups (broad SMARTS) is 1. The molecule has 1 aliphatic rings. The van der Waals surface area contributed by atoms with Gasteiger partial charge in [-0.2, -0.15) is 0 Å². The maximum Gasteiger partial charge on any atom is 0.325 e. The van der Waals surface area contributed by atoms with Crippen molar-refractivity contribution in [3.05, 3.63) is 21.2 Å². The predicted molar refractivity (Wildman–Crippen MR) is 71.0 cm³/mol. The number of nitrogens with two attached hydrogens (primary N) is 1. The molecule has 5 nitrogen and oxygen atoms in total. The van der Waals surface area contributed by atoms with Crippen molar-refractivity contribution in [2.75, 3.05) is 18.0 Å². The number of halogens is 2. The zero-order valence-corrected chi connectivity index (χ0v) is 12.0. The Balaban J connectivity index is 2.24. The lowest BCUT2D eigenvalue weighted by molar-refractivity contribution is -0.142. The van der Waals surface area contributed by atoms with E-state index in [1.54, 1.807) is 6.20 Å². The van der Waals surface area contributed by atoms with Crippen LogP contribution in [0.5, 0.6) is 0 Å². The summed E-state index contributed by atoms with van der Waals surface area (Å²) < 4.78 is 1.69. The van der Waals surface area contributed by atoms with Crippen LogP contribution in [0.1, 0.15) is 6.42 Å². The van der Waals surface area contributed by atoms with Gasteiger partial charge in [-0.3, -0.25) is 4.79 Å². The minimum absolute atomic E-state index is 0.273. The van der Waals surface area contributed by atoms with Gasteiger partial charge >= 0.3 is 5.97 Å². The molecule has 92 valence electrons. The van der Waals surface area contributed by atoms with Crippen molar-refractivity contribution in [2.45, 2.75) is 12.0 Å². The molecule has 1 unspecified atom stereocenters. The number of nitrogens with zero attached hydrogens (tertiary/aromatic N) is 2. The van der Waals surface area contributed by atoms with Crippen LogP contribution < -0.4 is 10.6 Å². The maximum absolute atomic E-state index is 11.0.